The lowest BCUT2D eigenvalue weighted by Gasteiger charge is -2.24. The van der Waals surface area contributed by atoms with Crippen LogP contribution in [0.1, 0.15) is 11.1 Å². The second-order valence-electron chi connectivity index (χ2n) is 4.90. The van der Waals surface area contributed by atoms with Crippen molar-refractivity contribution in [3.8, 4) is 0 Å². The van der Waals surface area contributed by atoms with E-state index in [-0.39, 0.29) is 0 Å². The number of rotatable bonds is 3. The van der Waals surface area contributed by atoms with Gasteiger partial charge in [-0.2, -0.15) is 0 Å². The van der Waals surface area contributed by atoms with E-state index >= 15 is 0 Å². The van der Waals surface area contributed by atoms with Gasteiger partial charge in [0.25, 0.3) is 0 Å². The Labute approximate surface area is 123 Å². The molecule has 3 rings (SSSR count). The Morgan fingerprint density at radius 1 is 1.29 bits per heavy atom. The Kier molecular flexibility index (Phi) is 3.55. The van der Waals surface area contributed by atoms with E-state index in [2.05, 4.69) is 15.4 Å². The largest absolute Gasteiger partial charge is 0.399 e. The topological polar surface area (TPSA) is 66.5 Å². The van der Waals surface area contributed by atoms with Gasteiger partial charge in [0, 0.05) is 29.8 Å². The molecule has 21 heavy (non-hydrogen) atoms. The summed E-state index contributed by atoms with van der Waals surface area (Å²) in [7, 11) is 0. The Morgan fingerprint density at radius 2 is 2.19 bits per heavy atom. The van der Waals surface area contributed by atoms with Gasteiger partial charge in [-0.15, -0.1) is 0 Å². The third kappa shape index (κ3) is 3.02. The molecule has 0 bridgehead atoms. The van der Waals surface area contributed by atoms with E-state index in [1.54, 1.807) is 6.20 Å². The van der Waals surface area contributed by atoms with Crippen LogP contribution in [0, 0.1) is 6.92 Å². The number of nitrogens with one attached hydrogen (secondary N) is 1. The normalized spacial score (nSPS) is 14.0. The van der Waals surface area contributed by atoms with Gasteiger partial charge in [-0.05, 0) is 42.8 Å². The molecule has 1 aliphatic heterocycles. The lowest BCUT2D eigenvalue weighted by atomic mass is 10.1. The van der Waals surface area contributed by atoms with E-state index in [1.807, 2.05) is 60.7 Å². The van der Waals surface area contributed by atoms with Crippen molar-refractivity contribution in [2.24, 2.45) is 4.99 Å². The second kappa shape index (κ2) is 5.66. The van der Waals surface area contributed by atoms with E-state index < -0.39 is 0 Å². The van der Waals surface area contributed by atoms with Gasteiger partial charge in [0.05, 0.1) is 11.4 Å². The Balaban J connectivity index is 1.70. The molecule has 2 heterocycles. The fourth-order valence-electron chi connectivity index (χ4n) is 2.10. The molecule has 0 saturated heterocycles. The van der Waals surface area contributed by atoms with Crippen LogP contribution in [0.3, 0.4) is 0 Å². The summed E-state index contributed by atoms with van der Waals surface area (Å²) in [5.41, 5.74) is 13.9. The van der Waals surface area contributed by atoms with Crippen molar-refractivity contribution >= 4 is 17.1 Å². The van der Waals surface area contributed by atoms with E-state index in [1.165, 1.54) is 0 Å². The first-order valence-electron chi connectivity index (χ1n) is 6.75. The molecule has 0 fully saturated rings. The molecule has 1 aromatic carbocycles. The number of pyridine rings is 1. The maximum atomic E-state index is 5.82. The summed E-state index contributed by atoms with van der Waals surface area (Å²) in [5.74, 6) is 0. The number of anilines is 2. The molecule has 1 aromatic heterocycles. The zero-order valence-corrected chi connectivity index (χ0v) is 11.8. The number of hydrazine groups is 1. The van der Waals surface area contributed by atoms with Gasteiger partial charge in [-0.1, -0.05) is 6.07 Å². The van der Waals surface area contributed by atoms with E-state index in [9.17, 15) is 0 Å². The Bertz CT molecular complexity index is 691. The minimum Gasteiger partial charge on any atom is -0.399 e. The summed E-state index contributed by atoms with van der Waals surface area (Å²) in [5, 5.41) is 1.92. The molecule has 0 aliphatic carbocycles. The van der Waals surface area contributed by atoms with Crippen LogP contribution in [-0.2, 0) is 0 Å². The zero-order chi connectivity index (χ0) is 14.7. The van der Waals surface area contributed by atoms with Crippen molar-refractivity contribution < 1.29 is 0 Å². The number of aromatic nitrogens is 1. The lowest BCUT2D eigenvalue weighted by molar-refractivity contribution is 0.460. The maximum Gasteiger partial charge on any atom is 0.129 e. The summed E-state index contributed by atoms with van der Waals surface area (Å²) in [6.45, 7) is 2.58. The quantitative estimate of drug-likeness (QED) is 0.847. The number of allylic oxidation sites excluding steroid dienone is 1. The van der Waals surface area contributed by atoms with Crippen LogP contribution in [0.25, 0.3) is 0 Å². The van der Waals surface area contributed by atoms with Crippen LogP contribution in [-0.4, -0.2) is 22.4 Å². The minimum atomic E-state index is 0.537. The van der Waals surface area contributed by atoms with E-state index in [4.69, 9.17) is 5.73 Å². The average molecular weight is 279 g/mol. The van der Waals surface area contributed by atoms with Crippen LogP contribution in [0.2, 0.25) is 0 Å². The highest BCUT2D eigenvalue weighted by Crippen LogP contribution is 2.19. The van der Waals surface area contributed by atoms with Gasteiger partial charge < -0.3 is 5.73 Å². The molecule has 0 radical (unpaired) electrons. The fraction of sp³-hybridized carbons (Fsp3) is 0.125. The molecule has 3 N–H and O–H groups in total. The second-order valence-corrected chi connectivity index (χ2v) is 4.90. The van der Waals surface area contributed by atoms with Gasteiger partial charge >= 0.3 is 0 Å². The molecule has 0 saturated carbocycles. The van der Waals surface area contributed by atoms with Crippen molar-refractivity contribution in [1.82, 2.24) is 9.99 Å². The SMILES string of the molecule is Cc1ccc(N)cc1NN1C=CC(c2cccnc2)=NC1. The standard InChI is InChI=1S/C16H17N5/c1-12-4-5-14(17)9-16(12)20-21-8-6-15(19-11-21)13-3-2-7-18-10-13/h2-10,20H,11,17H2,1H3. The summed E-state index contributed by atoms with van der Waals surface area (Å²) in [4.78, 5) is 8.66. The molecule has 5 nitrogen and oxygen atoms in total. The fourth-order valence-corrected chi connectivity index (χ4v) is 2.10. The van der Waals surface area contributed by atoms with Crippen LogP contribution in [0.15, 0.2) is 60.0 Å². The zero-order valence-electron chi connectivity index (χ0n) is 11.8. The monoisotopic (exact) mass is 279 g/mol. The highest BCUT2D eigenvalue weighted by atomic mass is 15.5. The summed E-state index contributed by atoms with van der Waals surface area (Å²) in [6, 6.07) is 9.72. The molecular formula is C16H17N5. The Hall–Kier alpha value is -2.82. The lowest BCUT2D eigenvalue weighted by Crippen LogP contribution is -2.28. The summed E-state index contributed by atoms with van der Waals surface area (Å²) < 4.78 is 0. The van der Waals surface area contributed by atoms with Crippen molar-refractivity contribution in [3.05, 3.63) is 66.1 Å². The van der Waals surface area contributed by atoms with Gasteiger partial charge in [0.1, 0.15) is 6.67 Å². The molecule has 0 amide bonds. The molecule has 1 aliphatic rings. The predicted octanol–water partition coefficient (Wildman–Crippen LogP) is 2.58. The van der Waals surface area contributed by atoms with Crippen LogP contribution >= 0.6 is 0 Å². The highest BCUT2D eigenvalue weighted by Gasteiger charge is 2.09. The van der Waals surface area contributed by atoms with Crippen LogP contribution in [0.5, 0.6) is 0 Å². The summed E-state index contributed by atoms with van der Waals surface area (Å²) >= 11 is 0. The molecule has 106 valence electrons. The smallest absolute Gasteiger partial charge is 0.129 e. The summed E-state index contributed by atoms with van der Waals surface area (Å²) in [6.07, 6.45) is 7.51. The molecule has 0 spiro atoms. The van der Waals surface area contributed by atoms with Crippen LogP contribution in [0.4, 0.5) is 11.4 Å². The molecule has 0 atom stereocenters. The van der Waals surface area contributed by atoms with Crippen LogP contribution < -0.4 is 11.2 Å². The molecule has 2 aromatic rings. The molecule has 5 heteroatoms. The number of benzene rings is 1. The van der Waals surface area contributed by atoms with Gasteiger partial charge in [-0.3, -0.25) is 20.4 Å². The van der Waals surface area contributed by atoms with E-state index in [0.717, 1.165) is 28.2 Å². The Morgan fingerprint density at radius 3 is 2.90 bits per heavy atom. The van der Waals surface area contributed by atoms with E-state index in [0.29, 0.717) is 6.67 Å². The first-order valence-corrected chi connectivity index (χ1v) is 6.75. The third-order valence-electron chi connectivity index (χ3n) is 3.29. The number of hydrogen-bond donors (Lipinski definition) is 2. The van der Waals surface area contributed by atoms with Gasteiger partial charge in [0.15, 0.2) is 0 Å². The maximum absolute atomic E-state index is 5.82. The highest BCUT2D eigenvalue weighted by molar-refractivity contribution is 6.08. The average Bonchev–Trinajstić information content (AvgIpc) is 2.53. The third-order valence-corrected chi connectivity index (χ3v) is 3.29. The van der Waals surface area contributed by atoms with Gasteiger partial charge in [0.2, 0.25) is 0 Å². The van der Waals surface area contributed by atoms with Crippen molar-refractivity contribution in [2.75, 3.05) is 17.8 Å². The van der Waals surface area contributed by atoms with Crippen molar-refractivity contribution in [2.45, 2.75) is 6.92 Å². The molecular weight excluding hydrogens is 262 g/mol. The van der Waals surface area contributed by atoms with Gasteiger partial charge in [-0.25, -0.2) is 0 Å². The number of nitrogens with zero attached hydrogens (tertiary/aromatic N) is 3. The predicted molar refractivity (Wildman–Crippen MR) is 85.8 cm³/mol. The van der Waals surface area contributed by atoms with Crippen molar-refractivity contribution in [1.29, 1.82) is 0 Å². The number of nitrogens with two attached hydrogens (primary N) is 1. The van der Waals surface area contributed by atoms with Crippen molar-refractivity contribution in [3.63, 3.8) is 0 Å². The first kappa shape index (κ1) is 13.2. The number of aliphatic imine (C=N–C) groups is 1. The number of aryl methyl sites for hydroxylation is 1. The first-order chi connectivity index (χ1) is 10.2. The number of nitrogen functional groups attached to an aromatic ring is 1. The minimum absolute atomic E-state index is 0.537. The molecule has 0 unspecified atom stereocenters. The number of hydrogen-bond acceptors (Lipinski definition) is 5.